The minimum Gasteiger partial charge on any atom is -0.317 e. The van der Waals surface area contributed by atoms with E-state index in [1.807, 2.05) is 6.21 Å². The van der Waals surface area contributed by atoms with E-state index in [0.717, 1.165) is 12.1 Å². The van der Waals surface area contributed by atoms with Gasteiger partial charge in [0.05, 0.1) is 11.4 Å². The zero-order chi connectivity index (χ0) is 18.8. The summed E-state index contributed by atoms with van der Waals surface area (Å²) in [7, 11) is 0. The Morgan fingerprint density at radius 3 is 2.38 bits per heavy atom. The first-order chi connectivity index (χ1) is 12.4. The Hall–Kier alpha value is -2.61. The van der Waals surface area contributed by atoms with Gasteiger partial charge in [-0.2, -0.15) is 0 Å². The van der Waals surface area contributed by atoms with Crippen molar-refractivity contribution in [3.63, 3.8) is 0 Å². The molecular weight excluding hydrogens is 316 g/mol. The topological polar surface area (TPSA) is 17.3 Å². The zero-order valence-electron chi connectivity index (χ0n) is 16.7. The van der Waals surface area contributed by atoms with Crippen LogP contribution in [-0.4, -0.2) is 10.8 Å². The van der Waals surface area contributed by atoms with Crippen molar-refractivity contribution in [2.75, 3.05) is 0 Å². The van der Waals surface area contributed by atoms with Crippen molar-refractivity contribution in [2.45, 2.75) is 48.0 Å². The molecule has 3 aromatic rings. The van der Waals surface area contributed by atoms with Crippen LogP contribution in [0.5, 0.6) is 0 Å². The number of hydrogen-bond acceptors (Lipinski definition) is 1. The number of benzene rings is 2. The third kappa shape index (κ3) is 3.37. The molecule has 0 spiro atoms. The number of nitrogens with zero attached hydrogens (tertiary/aromatic N) is 2. The molecule has 0 aliphatic rings. The van der Waals surface area contributed by atoms with E-state index in [1.165, 1.54) is 44.9 Å². The number of aryl methyl sites for hydroxylation is 5. The molecule has 3 rings (SSSR count). The van der Waals surface area contributed by atoms with E-state index >= 15 is 0 Å². The number of rotatable bonds is 4. The van der Waals surface area contributed by atoms with Crippen molar-refractivity contribution in [1.82, 2.24) is 4.57 Å². The first kappa shape index (κ1) is 18.2. The molecule has 0 amide bonds. The van der Waals surface area contributed by atoms with E-state index in [0.29, 0.717) is 0 Å². The molecule has 0 saturated carbocycles. The van der Waals surface area contributed by atoms with Crippen LogP contribution in [0.15, 0.2) is 47.5 Å². The summed E-state index contributed by atoms with van der Waals surface area (Å²) >= 11 is 0. The summed E-state index contributed by atoms with van der Waals surface area (Å²) in [4.78, 5) is 4.75. The second-order valence-electron chi connectivity index (χ2n) is 7.15. The van der Waals surface area contributed by atoms with Gasteiger partial charge in [0, 0.05) is 23.2 Å². The van der Waals surface area contributed by atoms with Gasteiger partial charge in [-0.3, -0.25) is 4.99 Å². The molecule has 134 valence electrons. The lowest BCUT2D eigenvalue weighted by atomic mass is 10.1. The zero-order valence-corrected chi connectivity index (χ0v) is 16.7. The molecule has 0 radical (unpaired) electrons. The molecule has 0 saturated heterocycles. The standard InChI is InChI=1S/C24H28N2/c1-7-21-10-8-9-17(3)24(21)26-19(5)14-22(20(26)6)15-25-23-12-11-16(2)13-18(23)4/h8-15H,7H2,1-6H3. The molecule has 1 aromatic heterocycles. The predicted molar refractivity (Wildman–Crippen MR) is 113 cm³/mol. The fraction of sp³-hybridized carbons (Fsp3) is 0.292. The predicted octanol–water partition coefficient (Wildman–Crippen LogP) is 6.33. The van der Waals surface area contributed by atoms with Gasteiger partial charge >= 0.3 is 0 Å². The van der Waals surface area contributed by atoms with E-state index in [-0.39, 0.29) is 0 Å². The molecule has 0 aliphatic heterocycles. The lowest BCUT2D eigenvalue weighted by Gasteiger charge is -2.17. The van der Waals surface area contributed by atoms with E-state index in [1.54, 1.807) is 0 Å². The van der Waals surface area contributed by atoms with Gasteiger partial charge in [-0.15, -0.1) is 0 Å². The highest BCUT2D eigenvalue weighted by atomic mass is 15.0. The van der Waals surface area contributed by atoms with E-state index < -0.39 is 0 Å². The molecule has 0 N–H and O–H groups in total. The van der Waals surface area contributed by atoms with Crippen LogP contribution in [0.2, 0.25) is 0 Å². The van der Waals surface area contributed by atoms with Crippen molar-refractivity contribution in [1.29, 1.82) is 0 Å². The van der Waals surface area contributed by atoms with Crippen LogP contribution >= 0.6 is 0 Å². The molecule has 2 aromatic carbocycles. The largest absolute Gasteiger partial charge is 0.317 e. The SMILES string of the molecule is CCc1cccc(C)c1-n1c(C)cc(C=Nc2ccc(C)cc2C)c1C. The van der Waals surface area contributed by atoms with Gasteiger partial charge in [-0.1, -0.05) is 42.8 Å². The molecule has 1 heterocycles. The number of hydrogen-bond donors (Lipinski definition) is 0. The van der Waals surface area contributed by atoms with Crippen molar-refractivity contribution in [3.8, 4) is 5.69 Å². The first-order valence-corrected chi connectivity index (χ1v) is 9.31. The first-order valence-electron chi connectivity index (χ1n) is 9.31. The van der Waals surface area contributed by atoms with E-state index in [2.05, 4.69) is 88.6 Å². The normalized spacial score (nSPS) is 11.5. The van der Waals surface area contributed by atoms with Crippen LogP contribution in [0.4, 0.5) is 5.69 Å². The summed E-state index contributed by atoms with van der Waals surface area (Å²) in [5.41, 5.74) is 11.2. The Morgan fingerprint density at radius 2 is 1.69 bits per heavy atom. The third-order valence-corrected chi connectivity index (χ3v) is 5.09. The van der Waals surface area contributed by atoms with Crippen LogP contribution in [0, 0.1) is 34.6 Å². The van der Waals surface area contributed by atoms with Gasteiger partial charge in [0.1, 0.15) is 0 Å². The van der Waals surface area contributed by atoms with E-state index in [4.69, 9.17) is 4.99 Å². The fourth-order valence-corrected chi connectivity index (χ4v) is 3.68. The van der Waals surface area contributed by atoms with Crippen molar-refractivity contribution in [2.24, 2.45) is 4.99 Å². The van der Waals surface area contributed by atoms with Gasteiger partial charge in [0.2, 0.25) is 0 Å². The molecule has 0 unspecified atom stereocenters. The fourth-order valence-electron chi connectivity index (χ4n) is 3.68. The van der Waals surface area contributed by atoms with Crippen LogP contribution in [0.25, 0.3) is 5.69 Å². The van der Waals surface area contributed by atoms with Crippen LogP contribution < -0.4 is 0 Å². The summed E-state index contributed by atoms with van der Waals surface area (Å²) in [6.07, 6.45) is 3.03. The maximum atomic E-state index is 4.75. The Bertz CT molecular complexity index is 974. The average Bonchev–Trinajstić information content (AvgIpc) is 2.88. The van der Waals surface area contributed by atoms with Gasteiger partial charge in [-0.25, -0.2) is 0 Å². The third-order valence-electron chi connectivity index (χ3n) is 5.09. The quantitative estimate of drug-likeness (QED) is 0.492. The average molecular weight is 345 g/mol. The second kappa shape index (κ2) is 7.33. The Labute approximate surface area is 157 Å². The summed E-state index contributed by atoms with van der Waals surface area (Å²) in [6, 6.07) is 15.2. The smallest absolute Gasteiger partial charge is 0.0659 e. The minimum atomic E-state index is 1.03. The maximum absolute atomic E-state index is 4.75. The summed E-state index contributed by atoms with van der Waals surface area (Å²) in [6.45, 7) is 13.0. The van der Waals surface area contributed by atoms with Crippen molar-refractivity contribution < 1.29 is 0 Å². The monoisotopic (exact) mass is 344 g/mol. The Balaban J connectivity index is 2.06. The lowest BCUT2D eigenvalue weighted by molar-refractivity contribution is 0.926. The molecular formula is C24H28N2. The van der Waals surface area contributed by atoms with Gasteiger partial charge in [0.25, 0.3) is 0 Å². The van der Waals surface area contributed by atoms with Gasteiger partial charge in [0.15, 0.2) is 0 Å². The van der Waals surface area contributed by atoms with Crippen LogP contribution in [-0.2, 0) is 6.42 Å². The molecule has 0 aliphatic carbocycles. The number of aliphatic imine (C=N–C) groups is 1. The Kier molecular flexibility index (Phi) is 5.13. The molecule has 0 bridgehead atoms. The summed E-state index contributed by atoms with van der Waals surface area (Å²) in [5, 5.41) is 0. The lowest BCUT2D eigenvalue weighted by Crippen LogP contribution is -2.05. The molecule has 0 fully saturated rings. The highest BCUT2D eigenvalue weighted by molar-refractivity contribution is 5.84. The van der Waals surface area contributed by atoms with Crippen LogP contribution in [0.3, 0.4) is 0 Å². The summed E-state index contributed by atoms with van der Waals surface area (Å²) < 4.78 is 2.37. The van der Waals surface area contributed by atoms with Crippen molar-refractivity contribution in [3.05, 3.63) is 81.7 Å². The van der Waals surface area contributed by atoms with Gasteiger partial charge < -0.3 is 4.57 Å². The van der Waals surface area contributed by atoms with Gasteiger partial charge in [-0.05, 0) is 69.9 Å². The molecule has 2 heteroatoms. The number of para-hydroxylation sites is 1. The number of aromatic nitrogens is 1. The second-order valence-corrected chi connectivity index (χ2v) is 7.15. The molecule has 26 heavy (non-hydrogen) atoms. The maximum Gasteiger partial charge on any atom is 0.0659 e. The summed E-state index contributed by atoms with van der Waals surface area (Å²) in [5.74, 6) is 0. The minimum absolute atomic E-state index is 1.03. The molecule has 0 atom stereocenters. The van der Waals surface area contributed by atoms with Crippen molar-refractivity contribution >= 4 is 11.9 Å². The van der Waals surface area contributed by atoms with Crippen LogP contribution in [0.1, 0.15) is 46.1 Å². The highest BCUT2D eigenvalue weighted by Gasteiger charge is 2.14. The van der Waals surface area contributed by atoms with E-state index in [9.17, 15) is 0 Å². The Morgan fingerprint density at radius 1 is 0.923 bits per heavy atom. The highest BCUT2D eigenvalue weighted by Crippen LogP contribution is 2.27. The molecule has 2 nitrogen and oxygen atoms in total.